The van der Waals surface area contributed by atoms with E-state index in [1.54, 1.807) is 0 Å². The first-order valence-electron chi connectivity index (χ1n) is 8.47. The fourth-order valence-corrected chi connectivity index (χ4v) is 3.21. The summed E-state index contributed by atoms with van der Waals surface area (Å²) in [6.07, 6.45) is 6.12. The average Bonchev–Trinajstić information content (AvgIpc) is 2.57. The zero-order valence-electron chi connectivity index (χ0n) is 14.7. The molecule has 0 radical (unpaired) electrons. The van der Waals surface area contributed by atoms with Crippen molar-refractivity contribution in [2.75, 3.05) is 45.8 Å². The van der Waals surface area contributed by atoms with E-state index in [0.29, 0.717) is 33.0 Å². The third-order valence-corrected chi connectivity index (χ3v) is 4.92. The lowest BCUT2D eigenvalue weighted by molar-refractivity contribution is -0.119. The number of hydrogen-bond acceptors (Lipinski definition) is 6. The summed E-state index contributed by atoms with van der Waals surface area (Å²) in [4.78, 5) is 22.3. The molecule has 1 aliphatic carbocycles. The summed E-state index contributed by atoms with van der Waals surface area (Å²) >= 11 is 1.91. The number of rotatable bonds is 11. The molecule has 0 aromatic rings. The maximum Gasteiger partial charge on any atom is 0.407 e. The Morgan fingerprint density at radius 1 is 1.00 bits per heavy atom. The lowest BCUT2D eigenvalue weighted by atomic mass is 9.95. The molecule has 0 aromatic carbocycles. The van der Waals surface area contributed by atoms with Gasteiger partial charge in [-0.2, -0.15) is 11.8 Å². The van der Waals surface area contributed by atoms with Gasteiger partial charge in [0.05, 0.1) is 26.4 Å². The largest absolute Gasteiger partial charge is 0.447 e. The highest BCUT2D eigenvalue weighted by Crippen LogP contribution is 2.26. The highest BCUT2D eigenvalue weighted by Gasteiger charge is 2.21. The molecule has 8 heteroatoms. The Bertz CT molecular complexity index is 362. The van der Waals surface area contributed by atoms with E-state index < -0.39 is 0 Å². The van der Waals surface area contributed by atoms with Gasteiger partial charge < -0.3 is 24.8 Å². The Hall–Kier alpha value is -0.990. The topological polar surface area (TPSA) is 85.9 Å². The first kappa shape index (κ1) is 21.1. The van der Waals surface area contributed by atoms with Crippen LogP contribution >= 0.6 is 11.8 Å². The van der Waals surface area contributed by atoms with Gasteiger partial charge in [-0.05, 0) is 31.9 Å². The fraction of sp³-hybridized carbons (Fsp3) is 0.875. The van der Waals surface area contributed by atoms with E-state index in [-0.39, 0.29) is 24.6 Å². The maximum atomic E-state index is 11.7. The van der Waals surface area contributed by atoms with Crippen molar-refractivity contribution in [2.24, 2.45) is 0 Å². The third-order valence-electron chi connectivity index (χ3n) is 3.78. The van der Waals surface area contributed by atoms with Crippen molar-refractivity contribution in [1.82, 2.24) is 10.6 Å². The van der Waals surface area contributed by atoms with E-state index in [2.05, 4.69) is 16.9 Å². The SMILES string of the molecule is CSC1CCC(NC(=O)OCCOCCOCCNC(C)=O)CC1. The lowest BCUT2D eigenvalue weighted by Gasteiger charge is -2.27. The van der Waals surface area contributed by atoms with E-state index in [9.17, 15) is 9.59 Å². The van der Waals surface area contributed by atoms with Gasteiger partial charge in [0.25, 0.3) is 0 Å². The normalized spacial score (nSPS) is 20.4. The van der Waals surface area contributed by atoms with Gasteiger partial charge >= 0.3 is 6.09 Å². The van der Waals surface area contributed by atoms with Crippen LogP contribution in [0.3, 0.4) is 0 Å². The molecule has 1 saturated carbocycles. The molecule has 0 spiro atoms. The molecule has 0 aliphatic heterocycles. The Balaban J connectivity index is 1.87. The molecule has 0 atom stereocenters. The second kappa shape index (κ2) is 13.3. The number of ether oxygens (including phenoxy) is 3. The molecule has 1 aliphatic rings. The summed E-state index contributed by atoms with van der Waals surface area (Å²) in [7, 11) is 0. The molecule has 7 nitrogen and oxygen atoms in total. The molecule has 0 heterocycles. The van der Waals surface area contributed by atoms with Crippen LogP contribution in [0.1, 0.15) is 32.6 Å². The fourth-order valence-electron chi connectivity index (χ4n) is 2.47. The van der Waals surface area contributed by atoms with Crippen LogP contribution in [0.5, 0.6) is 0 Å². The van der Waals surface area contributed by atoms with Crippen molar-refractivity contribution in [3.63, 3.8) is 0 Å². The van der Waals surface area contributed by atoms with Crippen LogP contribution in [0.15, 0.2) is 0 Å². The van der Waals surface area contributed by atoms with E-state index in [1.807, 2.05) is 11.8 Å². The van der Waals surface area contributed by atoms with Crippen molar-refractivity contribution in [2.45, 2.75) is 43.9 Å². The average molecular weight is 362 g/mol. The first-order chi connectivity index (χ1) is 11.6. The van der Waals surface area contributed by atoms with Crippen LogP contribution in [0.2, 0.25) is 0 Å². The maximum absolute atomic E-state index is 11.7. The zero-order chi connectivity index (χ0) is 17.6. The molecule has 0 aromatic heterocycles. The number of nitrogens with one attached hydrogen (secondary N) is 2. The number of amides is 2. The van der Waals surface area contributed by atoms with Gasteiger partial charge in [0.2, 0.25) is 5.91 Å². The third kappa shape index (κ3) is 10.7. The summed E-state index contributed by atoms with van der Waals surface area (Å²) in [6.45, 7) is 3.89. The number of alkyl carbamates (subject to hydrolysis) is 1. The minimum absolute atomic E-state index is 0.0671. The zero-order valence-corrected chi connectivity index (χ0v) is 15.5. The molecular formula is C16H30N2O5S. The molecule has 0 bridgehead atoms. The predicted octanol–water partition coefficient (Wildman–Crippen LogP) is 1.56. The molecular weight excluding hydrogens is 332 g/mol. The molecule has 0 unspecified atom stereocenters. The molecule has 1 fully saturated rings. The van der Waals surface area contributed by atoms with Gasteiger partial charge in [0.1, 0.15) is 6.61 Å². The number of carbonyl (C=O) groups is 2. The van der Waals surface area contributed by atoms with E-state index >= 15 is 0 Å². The van der Waals surface area contributed by atoms with Crippen molar-refractivity contribution in [3.8, 4) is 0 Å². The number of hydrogen-bond donors (Lipinski definition) is 2. The molecule has 24 heavy (non-hydrogen) atoms. The van der Waals surface area contributed by atoms with Crippen molar-refractivity contribution < 1.29 is 23.8 Å². The van der Waals surface area contributed by atoms with Crippen LogP contribution in [0, 0.1) is 0 Å². The van der Waals surface area contributed by atoms with Gasteiger partial charge in [-0.25, -0.2) is 4.79 Å². The summed E-state index contributed by atoms with van der Waals surface area (Å²) in [6, 6.07) is 0.235. The Morgan fingerprint density at radius 3 is 2.25 bits per heavy atom. The van der Waals surface area contributed by atoms with Crippen LogP contribution in [-0.4, -0.2) is 69.1 Å². The van der Waals surface area contributed by atoms with Crippen LogP contribution in [-0.2, 0) is 19.0 Å². The Morgan fingerprint density at radius 2 is 1.62 bits per heavy atom. The molecule has 140 valence electrons. The monoisotopic (exact) mass is 362 g/mol. The van der Waals surface area contributed by atoms with Crippen molar-refractivity contribution in [3.05, 3.63) is 0 Å². The second-order valence-electron chi connectivity index (χ2n) is 5.70. The van der Waals surface area contributed by atoms with E-state index in [4.69, 9.17) is 14.2 Å². The lowest BCUT2D eigenvalue weighted by Crippen LogP contribution is -2.38. The van der Waals surface area contributed by atoms with Gasteiger partial charge in [-0.1, -0.05) is 0 Å². The molecule has 1 rings (SSSR count). The highest BCUT2D eigenvalue weighted by atomic mass is 32.2. The van der Waals surface area contributed by atoms with E-state index in [1.165, 1.54) is 6.92 Å². The van der Waals surface area contributed by atoms with Crippen LogP contribution in [0.25, 0.3) is 0 Å². The summed E-state index contributed by atoms with van der Waals surface area (Å²) < 4.78 is 15.7. The summed E-state index contributed by atoms with van der Waals surface area (Å²) in [5, 5.41) is 6.28. The van der Waals surface area contributed by atoms with Gasteiger partial charge in [-0.3, -0.25) is 4.79 Å². The highest BCUT2D eigenvalue weighted by molar-refractivity contribution is 7.99. The second-order valence-corrected chi connectivity index (χ2v) is 6.84. The molecule has 2 amide bonds. The number of carbonyl (C=O) groups excluding carboxylic acids is 2. The molecule has 0 saturated heterocycles. The standard InChI is InChI=1S/C16H30N2O5S/c1-13(19)17-7-8-21-9-10-22-11-12-23-16(20)18-14-3-5-15(24-2)6-4-14/h14-15H,3-12H2,1-2H3,(H,17,19)(H,18,20). The minimum Gasteiger partial charge on any atom is -0.447 e. The Labute approximate surface area is 148 Å². The van der Waals surface area contributed by atoms with Crippen LogP contribution < -0.4 is 10.6 Å². The van der Waals surface area contributed by atoms with Gasteiger partial charge in [0, 0.05) is 24.8 Å². The Kier molecular flexibility index (Phi) is 11.7. The number of thioether (sulfide) groups is 1. The van der Waals surface area contributed by atoms with Crippen molar-refractivity contribution in [1.29, 1.82) is 0 Å². The first-order valence-corrected chi connectivity index (χ1v) is 9.76. The van der Waals surface area contributed by atoms with Gasteiger partial charge in [0.15, 0.2) is 0 Å². The summed E-state index contributed by atoms with van der Waals surface area (Å²) in [5.41, 5.74) is 0. The predicted molar refractivity (Wildman–Crippen MR) is 94.4 cm³/mol. The summed E-state index contributed by atoms with van der Waals surface area (Å²) in [5.74, 6) is -0.0671. The van der Waals surface area contributed by atoms with E-state index in [0.717, 1.165) is 30.9 Å². The van der Waals surface area contributed by atoms with Crippen LogP contribution in [0.4, 0.5) is 4.79 Å². The molecule has 2 N–H and O–H groups in total. The van der Waals surface area contributed by atoms with Crippen molar-refractivity contribution >= 4 is 23.8 Å². The quantitative estimate of drug-likeness (QED) is 0.543. The smallest absolute Gasteiger partial charge is 0.407 e. The van der Waals surface area contributed by atoms with Gasteiger partial charge in [-0.15, -0.1) is 0 Å². The minimum atomic E-state index is -0.363.